The Morgan fingerprint density at radius 2 is 1.89 bits per heavy atom. The van der Waals surface area contributed by atoms with E-state index in [0.717, 1.165) is 44.0 Å². The Morgan fingerprint density at radius 1 is 1.17 bits per heavy atom. The maximum Gasteiger partial charge on any atom is 0.225 e. The summed E-state index contributed by atoms with van der Waals surface area (Å²) in [7, 11) is 0. The number of thioether (sulfide) groups is 1. The normalized spacial score (nSPS) is 33.9. The molecule has 1 aliphatic carbocycles. The molecule has 0 aromatic heterocycles. The van der Waals surface area contributed by atoms with Crippen LogP contribution in [0.2, 0.25) is 0 Å². The van der Waals surface area contributed by atoms with Gasteiger partial charge in [0.1, 0.15) is 0 Å². The number of hydrogen-bond donors (Lipinski definition) is 1. The topological polar surface area (TPSA) is 32.3 Å². The van der Waals surface area contributed by atoms with Gasteiger partial charge in [0.25, 0.3) is 0 Å². The van der Waals surface area contributed by atoms with Crippen molar-refractivity contribution in [3.05, 3.63) is 0 Å². The summed E-state index contributed by atoms with van der Waals surface area (Å²) in [6.07, 6.45) is 5.87. The molecule has 4 heteroatoms. The lowest BCUT2D eigenvalue weighted by Crippen LogP contribution is -2.48. The van der Waals surface area contributed by atoms with Gasteiger partial charge < -0.3 is 10.2 Å². The Balaban J connectivity index is 1.41. The van der Waals surface area contributed by atoms with Crippen LogP contribution < -0.4 is 5.32 Å². The molecule has 1 saturated carbocycles. The Morgan fingerprint density at radius 3 is 2.44 bits per heavy atom. The smallest absolute Gasteiger partial charge is 0.225 e. The predicted molar refractivity (Wildman–Crippen MR) is 75.8 cm³/mol. The number of nitrogens with zero attached hydrogens (tertiary/aromatic N) is 1. The molecule has 1 amide bonds. The second kappa shape index (κ2) is 5.41. The minimum absolute atomic E-state index is 0.390. The van der Waals surface area contributed by atoms with Gasteiger partial charge in [-0.3, -0.25) is 4.79 Å². The van der Waals surface area contributed by atoms with Crippen molar-refractivity contribution in [2.24, 2.45) is 5.92 Å². The first-order valence-corrected chi connectivity index (χ1v) is 8.43. The molecule has 3 rings (SSSR count). The highest BCUT2D eigenvalue weighted by Crippen LogP contribution is 2.32. The van der Waals surface area contributed by atoms with Crippen molar-refractivity contribution in [1.29, 1.82) is 0 Å². The molecule has 1 N–H and O–H groups in total. The highest BCUT2D eigenvalue weighted by atomic mass is 32.2. The first kappa shape index (κ1) is 12.8. The zero-order chi connectivity index (χ0) is 12.5. The predicted octanol–water partition coefficient (Wildman–Crippen LogP) is 1.87. The van der Waals surface area contributed by atoms with E-state index in [-0.39, 0.29) is 0 Å². The van der Waals surface area contributed by atoms with E-state index >= 15 is 0 Å². The molecular weight excluding hydrogens is 244 g/mol. The molecule has 2 atom stereocenters. The fraction of sp³-hybridized carbons (Fsp3) is 0.929. The largest absolute Gasteiger partial charge is 0.342 e. The Labute approximate surface area is 114 Å². The summed E-state index contributed by atoms with van der Waals surface area (Å²) >= 11 is 2.08. The van der Waals surface area contributed by atoms with Gasteiger partial charge in [0.2, 0.25) is 5.91 Å². The molecule has 0 aromatic rings. The van der Waals surface area contributed by atoms with E-state index in [0.29, 0.717) is 23.9 Å². The van der Waals surface area contributed by atoms with Crippen LogP contribution in [0.1, 0.15) is 39.0 Å². The maximum absolute atomic E-state index is 12.0. The minimum atomic E-state index is 0.390. The van der Waals surface area contributed by atoms with Crippen molar-refractivity contribution in [1.82, 2.24) is 10.2 Å². The van der Waals surface area contributed by atoms with Crippen LogP contribution in [-0.2, 0) is 4.79 Å². The summed E-state index contributed by atoms with van der Waals surface area (Å²) in [5, 5.41) is 4.61. The van der Waals surface area contributed by atoms with Gasteiger partial charge in [-0.05, 0) is 32.1 Å². The molecule has 2 saturated heterocycles. The van der Waals surface area contributed by atoms with Crippen LogP contribution in [0, 0.1) is 5.92 Å². The summed E-state index contributed by atoms with van der Waals surface area (Å²) in [6, 6.07) is 1.35. The van der Waals surface area contributed by atoms with Crippen molar-refractivity contribution >= 4 is 17.7 Å². The standard InChI is InChI=1S/C14H24N2OS/c1-10-8-13(9-18-10)15-12-4-6-16(7-5-12)14(17)11-2-3-11/h10-13,15H,2-9H2,1H3. The third kappa shape index (κ3) is 3.02. The van der Waals surface area contributed by atoms with Crippen molar-refractivity contribution in [2.45, 2.75) is 56.4 Å². The first-order chi connectivity index (χ1) is 8.72. The van der Waals surface area contributed by atoms with E-state index in [1.165, 1.54) is 12.2 Å². The first-order valence-electron chi connectivity index (χ1n) is 7.39. The van der Waals surface area contributed by atoms with Crippen LogP contribution >= 0.6 is 11.8 Å². The number of likely N-dealkylation sites (tertiary alicyclic amines) is 1. The average Bonchev–Trinajstić information content (AvgIpc) is 3.14. The number of nitrogens with one attached hydrogen (secondary N) is 1. The van der Waals surface area contributed by atoms with Crippen LogP contribution in [0.5, 0.6) is 0 Å². The van der Waals surface area contributed by atoms with Crippen LogP contribution in [0.4, 0.5) is 0 Å². The molecule has 3 nitrogen and oxygen atoms in total. The molecule has 2 aliphatic heterocycles. The summed E-state index contributed by atoms with van der Waals surface area (Å²) in [4.78, 5) is 14.1. The summed E-state index contributed by atoms with van der Waals surface area (Å²) in [5.41, 5.74) is 0. The zero-order valence-corrected chi connectivity index (χ0v) is 12.0. The average molecular weight is 268 g/mol. The second-order valence-electron chi connectivity index (χ2n) is 6.12. The third-order valence-electron chi connectivity index (χ3n) is 4.40. The number of amides is 1. The zero-order valence-electron chi connectivity index (χ0n) is 11.2. The molecule has 0 spiro atoms. The van der Waals surface area contributed by atoms with E-state index in [2.05, 4.69) is 28.9 Å². The molecule has 3 aliphatic rings. The fourth-order valence-electron chi connectivity index (χ4n) is 3.12. The monoisotopic (exact) mass is 268 g/mol. The van der Waals surface area contributed by atoms with Gasteiger partial charge in [-0.1, -0.05) is 6.92 Å². The Kier molecular flexibility index (Phi) is 3.85. The van der Waals surface area contributed by atoms with Crippen LogP contribution in [-0.4, -0.2) is 47.0 Å². The number of carbonyl (C=O) groups is 1. The van der Waals surface area contributed by atoms with Crippen molar-refractivity contribution in [3.8, 4) is 0 Å². The molecule has 3 fully saturated rings. The van der Waals surface area contributed by atoms with E-state index in [4.69, 9.17) is 0 Å². The fourth-order valence-corrected chi connectivity index (χ4v) is 4.28. The van der Waals surface area contributed by atoms with Gasteiger partial charge >= 0.3 is 0 Å². The quantitative estimate of drug-likeness (QED) is 0.848. The second-order valence-corrected chi connectivity index (χ2v) is 7.59. The van der Waals surface area contributed by atoms with E-state index in [1.807, 2.05) is 0 Å². The number of piperidine rings is 1. The maximum atomic E-state index is 12.0. The molecule has 2 unspecified atom stereocenters. The Hall–Kier alpha value is -0.220. The summed E-state index contributed by atoms with van der Waals surface area (Å²) in [5.74, 6) is 2.09. The van der Waals surface area contributed by atoms with Gasteiger partial charge in [-0.25, -0.2) is 0 Å². The molecule has 0 bridgehead atoms. The molecule has 102 valence electrons. The number of rotatable bonds is 3. The summed E-state index contributed by atoms with van der Waals surface area (Å²) < 4.78 is 0. The lowest BCUT2D eigenvalue weighted by molar-refractivity contribution is -0.133. The molecule has 2 heterocycles. The van der Waals surface area contributed by atoms with Gasteiger partial charge in [0.15, 0.2) is 0 Å². The molecule has 0 radical (unpaired) electrons. The SMILES string of the molecule is CC1CC(NC2CCN(C(=O)C3CC3)CC2)CS1. The lowest BCUT2D eigenvalue weighted by atomic mass is 10.0. The third-order valence-corrected chi connectivity index (χ3v) is 5.76. The number of hydrogen-bond acceptors (Lipinski definition) is 3. The van der Waals surface area contributed by atoms with Gasteiger partial charge in [0, 0.05) is 42.1 Å². The van der Waals surface area contributed by atoms with Crippen LogP contribution in [0.25, 0.3) is 0 Å². The minimum Gasteiger partial charge on any atom is -0.342 e. The van der Waals surface area contributed by atoms with Crippen molar-refractivity contribution in [2.75, 3.05) is 18.8 Å². The lowest BCUT2D eigenvalue weighted by Gasteiger charge is -2.34. The van der Waals surface area contributed by atoms with Gasteiger partial charge in [-0.15, -0.1) is 0 Å². The highest BCUT2D eigenvalue weighted by molar-refractivity contribution is 8.00. The van der Waals surface area contributed by atoms with Gasteiger partial charge in [-0.2, -0.15) is 11.8 Å². The van der Waals surface area contributed by atoms with E-state index in [9.17, 15) is 4.79 Å². The molecule has 18 heavy (non-hydrogen) atoms. The van der Waals surface area contributed by atoms with Crippen molar-refractivity contribution in [3.63, 3.8) is 0 Å². The number of carbonyl (C=O) groups excluding carboxylic acids is 1. The van der Waals surface area contributed by atoms with Crippen molar-refractivity contribution < 1.29 is 4.79 Å². The van der Waals surface area contributed by atoms with Gasteiger partial charge in [0.05, 0.1) is 0 Å². The van der Waals surface area contributed by atoms with E-state index in [1.54, 1.807) is 0 Å². The summed E-state index contributed by atoms with van der Waals surface area (Å²) in [6.45, 7) is 4.27. The van der Waals surface area contributed by atoms with E-state index < -0.39 is 0 Å². The molecule has 0 aromatic carbocycles. The molecular formula is C14H24N2OS. The Bertz CT molecular complexity index is 311. The van der Waals surface area contributed by atoms with Crippen LogP contribution in [0.3, 0.4) is 0 Å². The highest BCUT2D eigenvalue weighted by Gasteiger charge is 2.35. The van der Waals surface area contributed by atoms with Crippen LogP contribution in [0.15, 0.2) is 0 Å².